The number of amides is 2. The molecule has 2 amide bonds. The first-order chi connectivity index (χ1) is 19.6. The van der Waals surface area contributed by atoms with E-state index in [1.165, 1.54) is 11.1 Å². The van der Waals surface area contributed by atoms with E-state index in [0.29, 0.717) is 25.1 Å². The van der Waals surface area contributed by atoms with Crippen LogP contribution in [0.15, 0.2) is 77.8 Å². The Hall–Kier alpha value is -4.13. The molecule has 1 aliphatic rings. The van der Waals surface area contributed by atoms with Crippen molar-refractivity contribution in [1.29, 1.82) is 0 Å². The number of aryl methyl sites for hydroxylation is 2. The number of nitrogens with zero attached hydrogens (tertiary/aromatic N) is 3. The van der Waals surface area contributed by atoms with Crippen molar-refractivity contribution in [2.24, 2.45) is 10.9 Å². The largest absolute Gasteiger partial charge is 0.442 e. The molecule has 0 radical (unpaired) electrons. The average molecular weight is 553 g/mol. The number of ether oxygens (including phenoxy) is 1. The van der Waals surface area contributed by atoms with Crippen molar-refractivity contribution >= 4 is 23.0 Å². The molecule has 1 aliphatic carbocycles. The molecule has 7 nitrogen and oxygen atoms in total. The lowest BCUT2D eigenvalue weighted by molar-refractivity contribution is -0.122. The number of hydrogen-bond acceptors (Lipinski definition) is 3. The maximum absolute atomic E-state index is 13.2. The van der Waals surface area contributed by atoms with Crippen LogP contribution in [0.4, 0.5) is 4.79 Å². The number of hydrogen-bond donors (Lipinski definition) is 1. The van der Waals surface area contributed by atoms with Crippen molar-refractivity contribution in [3.8, 4) is 0 Å². The van der Waals surface area contributed by atoms with Gasteiger partial charge in [-0.1, -0.05) is 71.8 Å². The molecule has 0 aliphatic heterocycles. The zero-order chi connectivity index (χ0) is 29.1. The Morgan fingerprint density at radius 3 is 2.07 bits per heavy atom. The zero-order valence-corrected chi connectivity index (χ0v) is 24.7. The molecule has 1 atom stereocenters. The molecule has 1 unspecified atom stereocenters. The predicted octanol–water partition coefficient (Wildman–Crippen LogP) is 6.25. The predicted molar refractivity (Wildman–Crippen MR) is 162 cm³/mol. The van der Waals surface area contributed by atoms with E-state index in [9.17, 15) is 9.59 Å². The maximum atomic E-state index is 13.2. The van der Waals surface area contributed by atoms with Crippen LogP contribution in [0.5, 0.6) is 0 Å². The SMILES string of the molecule is Cc1ccc(CC(CNC(=O)C2CC2)n2c(=NC(=O)OC(C)(C)C)n(Cc3ccc(C)cc3)c3ccccc32)cc1. The van der Waals surface area contributed by atoms with Crippen LogP contribution in [0, 0.1) is 19.8 Å². The third-order valence-corrected chi connectivity index (χ3v) is 7.35. The van der Waals surface area contributed by atoms with E-state index in [1.807, 2.05) is 32.9 Å². The fraction of sp³-hybridized carbons (Fsp3) is 0.382. The van der Waals surface area contributed by atoms with Gasteiger partial charge in [0.15, 0.2) is 0 Å². The van der Waals surface area contributed by atoms with Crippen LogP contribution in [0.25, 0.3) is 11.0 Å². The maximum Gasteiger partial charge on any atom is 0.437 e. The topological polar surface area (TPSA) is 77.6 Å². The van der Waals surface area contributed by atoms with Crippen LogP contribution < -0.4 is 10.9 Å². The summed E-state index contributed by atoms with van der Waals surface area (Å²) in [5.74, 6) is 0.197. The summed E-state index contributed by atoms with van der Waals surface area (Å²) in [6, 6.07) is 24.8. The van der Waals surface area contributed by atoms with E-state index >= 15 is 0 Å². The molecule has 41 heavy (non-hydrogen) atoms. The van der Waals surface area contributed by atoms with Crippen molar-refractivity contribution in [3.05, 3.63) is 101 Å². The number of imidazole rings is 1. The monoisotopic (exact) mass is 552 g/mol. The lowest BCUT2D eigenvalue weighted by Gasteiger charge is -2.22. The van der Waals surface area contributed by atoms with Crippen molar-refractivity contribution in [3.63, 3.8) is 0 Å². The van der Waals surface area contributed by atoms with Crippen LogP contribution in [0.3, 0.4) is 0 Å². The van der Waals surface area contributed by atoms with E-state index in [0.717, 1.165) is 35.0 Å². The van der Waals surface area contributed by atoms with E-state index < -0.39 is 11.7 Å². The molecule has 1 N–H and O–H groups in total. The molecular formula is C34H40N4O3. The Kier molecular flexibility index (Phi) is 8.15. The molecule has 1 saturated carbocycles. The van der Waals surface area contributed by atoms with Gasteiger partial charge in [-0.2, -0.15) is 0 Å². The first-order valence-corrected chi connectivity index (χ1v) is 14.4. The molecule has 0 saturated heterocycles. The quantitative estimate of drug-likeness (QED) is 0.281. The number of carbonyl (C=O) groups excluding carboxylic acids is 2. The van der Waals surface area contributed by atoms with Gasteiger partial charge in [0.1, 0.15) is 5.60 Å². The van der Waals surface area contributed by atoms with Crippen LogP contribution in [-0.4, -0.2) is 33.3 Å². The summed E-state index contributed by atoms with van der Waals surface area (Å²) in [7, 11) is 0. The van der Waals surface area contributed by atoms with Crippen LogP contribution >= 0.6 is 0 Å². The molecule has 5 rings (SSSR count). The highest BCUT2D eigenvalue weighted by atomic mass is 16.6. The molecule has 7 heteroatoms. The second-order valence-electron chi connectivity index (χ2n) is 12.2. The number of para-hydroxylation sites is 2. The Bertz CT molecular complexity index is 1600. The van der Waals surface area contributed by atoms with Crippen molar-refractivity contribution < 1.29 is 14.3 Å². The third kappa shape index (κ3) is 7.15. The molecule has 1 heterocycles. The molecule has 1 fully saturated rings. The van der Waals surface area contributed by atoms with Gasteiger partial charge in [-0.15, -0.1) is 4.99 Å². The van der Waals surface area contributed by atoms with Crippen LogP contribution in [-0.2, 0) is 22.5 Å². The fourth-order valence-electron chi connectivity index (χ4n) is 5.07. The molecule has 3 aromatic carbocycles. The van der Waals surface area contributed by atoms with Crippen molar-refractivity contribution in [2.45, 2.75) is 72.1 Å². The first-order valence-electron chi connectivity index (χ1n) is 14.4. The highest BCUT2D eigenvalue weighted by Crippen LogP contribution is 2.29. The van der Waals surface area contributed by atoms with E-state index in [-0.39, 0.29) is 17.9 Å². The van der Waals surface area contributed by atoms with E-state index in [1.54, 1.807) is 0 Å². The molecular weight excluding hydrogens is 512 g/mol. The Morgan fingerprint density at radius 2 is 1.49 bits per heavy atom. The highest BCUT2D eigenvalue weighted by Gasteiger charge is 2.30. The molecule has 214 valence electrons. The van der Waals surface area contributed by atoms with Gasteiger partial charge in [-0.25, -0.2) is 4.79 Å². The second kappa shape index (κ2) is 11.8. The summed E-state index contributed by atoms with van der Waals surface area (Å²) < 4.78 is 9.85. The smallest absolute Gasteiger partial charge is 0.437 e. The second-order valence-corrected chi connectivity index (χ2v) is 12.2. The van der Waals surface area contributed by atoms with Gasteiger partial charge < -0.3 is 19.2 Å². The lowest BCUT2D eigenvalue weighted by Crippen LogP contribution is -2.38. The summed E-state index contributed by atoms with van der Waals surface area (Å²) in [4.78, 5) is 30.6. The minimum atomic E-state index is -0.682. The fourth-order valence-corrected chi connectivity index (χ4v) is 5.07. The number of aromatic nitrogens is 2. The van der Waals surface area contributed by atoms with Gasteiger partial charge in [0.2, 0.25) is 11.5 Å². The normalized spacial score (nSPS) is 14.7. The number of carbonyl (C=O) groups is 2. The number of rotatable bonds is 8. The minimum absolute atomic E-state index is 0.0912. The average Bonchev–Trinajstić information content (AvgIpc) is 3.73. The van der Waals surface area contributed by atoms with Gasteiger partial charge in [-0.05, 0) is 77.1 Å². The lowest BCUT2D eigenvalue weighted by atomic mass is 10.0. The molecule has 4 aromatic rings. The first kappa shape index (κ1) is 28.4. The van der Waals surface area contributed by atoms with Crippen LogP contribution in [0.2, 0.25) is 0 Å². The molecule has 1 aromatic heterocycles. The van der Waals surface area contributed by atoms with Gasteiger partial charge in [0.05, 0.1) is 23.6 Å². The summed E-state index contributed by atoms with van der Waals surface area (Å²) in [5, 5.41) is 3.20. The van der Waals surface area contributed by atoms with Crippen molar-refractivity contribution in [1.82, 2.24) is 14.5 Å². The van der Waals surface area contributed by atoms with Gasteiger partial charge in [0.25, 0.3) is 0 Å². The van der Waals surface area contributed by atoms with E-state index in [4.69, 9.17) is 4.74 Å². The van der Waals surface area contributed by atoms with E-state index in [2.05, 4.69) is 94.0 Å². The summed E-state index contributed by atoms with van der Waals surface area (Å²) in [6.45, 7) is 10.6. The summed E-state index contributed by atoms with van der Waals surface area (Å²) in [5.41, 5.74) is 6.34. The van der Waals surface area contributed by atoms with Gasteiger partial charge >= 0.3 is 6.09 Å². The Labute approximate surface area is 241 Å². The van der Waals surface area contributed by atoms with Gasteiger partial charge in [-0.3, -0.25) is 4.79 Å². The minimum Gasteiger partial charge on any atom is -0.442 e. The number of nitrogens with one attached hydrogen (secondary N) is 1. The zero-order valence-electron chi connectivity index (χ0n) is 24.7. The Morgan fingerprint density at radius 1 is 0.902 bits per heavy atom. The summed E-state index contributed by atoms with van der Waals surface area (Å²) >= 11 is 0. The molecule has 0 spiro atoms. The van der Waals surface area contributed by atoms with Crippen LogP contribution in [0.1, 0.15) is 61.9 Å². The van der Waals surface area contributed by atoms with Crippen molar-refractivity contribution in [2.75, 3.05) is 6.54 Å². The highest BCUT2D eigenvalue weighted by molar-refractivity contribution is 5.81. The van der Waals surface area contributed by atoms with Gasteiger partial charge in [0, 0.05) is 12.5 Å². The standard InChI is InChI=1S/C34H40N4O3/c1-23-10-14-25(15-11-23)20-28(21-35-31(39)27-18-19-27)38-30-9-7-6-8-29(30)37(22-26-16-12-24(2)13-17-26)32(38)36-33(40)41-34(3,4)5/h6-17,27-28H,18-22H2,1-5H3,(H,35,39). The summed E-state index contributed by atoms with van der Waals surface area (Å²) in [6.07, 6.45) is 1.90. The number of fused-ring (bicyclic) bond motifs is 1. The molecule has 0 bridgehead atoms. The Balaban J connectivity index is 1.68. The third-order valence-electron chi connectivity index (χ3n) is 7.35. The number of benzene rings is 3.